The summed E-state index contributed by atoms with van der Waals surface area (Å²) in [6.07, 6.45) is 1.70. The third kappa shape index (κ3) is 6.49. The molecular weight excluding hydrogens is 362 g/mol. The van der Waals surface area contributed by atoms with Gasteiger partial charge in [0, 0.05) is 25.2 Å². The number of nitrogens with one attached hydrogen (secondary N) is 2. The van der Waals surface area contributed by atoms with E-state index in [0.29, 0.717) is 0 Å². The van der Waals surface area contributed by atoms with E-state index in [2.05, 4.69) is 10.6 Å². The zero-order valence-corrected chi connectivity index (χ0v) is 18.1. The second-order valence-corrected chi connectivity index (χ2v) is 8.35. The van der Waals surface area contributed by atoms with Crippen LogP contribution in [-0.4, -0.2) is 25.9 Å². The molecule has 154 valence electrons. The number of carbonyl (C=O) groups is 2. The maximum absolute atomic E-state index is 13.0. The molecule has 0 heterocycles. The van der Waals surface area contributed by atoms with Gasteiger partial charge in [-0.2, -0.15) is 0 Å². The van der Waals surface area contributed by atoms with Crippen molar-refractivity contribution in [2.45, 2.75) is 33.7 Å². The van der Waals surface area contributed by atoms with Crippen LogP contribution in [0.2, 0.25) is 0 Å². The third-order valence-corrected chi connectivity index (χ3v) is 4.54. The normalized spacial score (nSPS) is 12.8. The third-order valence-electron chi connectivity index (χ3n) is 4.54. The number of nitrogens with zero attached hydrogens (tertiary/aromatic N) is 1. The Morgan fingerprint density at radius 1 is 0.966 bits per heavy atom. The lowest BCUT2D eigenvalue weighted by atomic mass is 9.95. The Labute approximate surface area is 173 Å². The van der Waals surface area contributed by atoms with Gasteiger partial charge in [-0.15, -0.1) is 0 Å². The van der Waals surface area contributed by atoms with Crippen molar-refractivity contribution in [1.29, 1.82) is 0 Å². The van der Waals surface area contributed by atoms with E-state index in [1.165, 1.54) is 0 Å². The predicted octanol–water partition coefficient (Wildman–Crippen LogP) is 4.13. The Kier molecular flexibility index (Phi) is 7.21. The summed E-state index contributed by atoms with van der Waals surface area (Å²) in [4.78, 5) is 27.5. The molecule has 2 N–H and O–H groups in total. The number of rotatable bonds is 6. The quantitative estimate of drug-likeness (QED) is 0.726. The molecular formula is C24H31N3O2. The summed E-state index contributed by atoms with van der Waals surface area (Å²) >= 11 is 0. The van der Waals surface area contributed by atoms with Gasteiger partial charge in [0.1, 0.15) is 5.70 Å². The van der Waals surface area contributed by atoms with E-state index >= 15 is 0 Å². The van der Waals surface area contributed by atoms with Crippen molar-refractivity contribution in [2.24, 2.45) is 5.41 Å². The molecule has 0 saturated carbocycles. The van der Waals surface area contributed by atoms with Crippen LogP contribution in [0.4, 0.5) is 5.69 Å². The summed E-state index contributed by atoms with van der Waals surface area (Å²) in [5.74, 6) is -0.535. The topological polar surface area (TPSA) is 61.4 Å². The summed E-state index contributed by atoms with van der Waals surface area (Å²) in [5, 5.41) is 5.77. The number of hydrogen-bond donors (Lipinski definition) is 2. The maximum Gasteiger partial charge on any atom is 0.268 e. The van der Waals surface area contributed by atoms with E-state index in [-0.39, 0.29) is 23.6 Å². The molecule has 0 saturated heterocycles. The molecule has 2 amide bonds. The molecule has 0 aromatic heterocycles. The molecule has 1 unspecified atom stereocenters. The summed E-state index contributed by atoms with van der Waals surface area (Å²) in [7, 11) is 3.94. The van der Waals surface area contributed by atoms with E-state index in [9.17, 15) is 9.59 Å². The lowest BCUT2D eigenvalue weighted by Gasteiger charge is -2.21. The largest absolute Gasteiger partial charge is 0.378 e. The van der Waals surface area contributed by atoms with Gasteiger partial charge < -0.3 is 15.5 Å². The van der Waals surface area contributed by atoms with Crippen LogP contribution in [0.5, 0.6) is 0 Å². The number of anilines is 1. The second-order valence-electron chi connectivity index (χ2n) is 8.35. The Hall–Kier alpha value is -3.08. The van der Waals surface area contributed by atoms with Crippen LogP contribution in [0.3, 0.4) is 0 Å². The predicted molar refractivity (Wildman–Crippen MR) is 119 cm³/mol. The first-order valence-electron chi connectivity index (χ1n) is 9.74. The van der Waals surface area contributed by atoms with Crippen molar-refractivity contribution in [3.63, 3.8) is 0 Å². The fraction of sp³-hybridized carbons (Fsp3) is 0.333. The first kappa shape index (κ1) is 22.2. The molecule has 5 nitrogen and oxygen atoms in total. The zero-order chi connectivity index (χ0) is 21.6. The molecule has 5 heteroatoms. The smallest absolute Gasteiger partial charge is 0.268 e. The van der Waals surface area contributed by atoms with E-state index < -0.39 is 5.41 Å². The van der Waals surface area contributed by atoms with Gasteiger partial charge >= 0.3 is 0 Å². The molecule has 0 aliphatic carbocycles. The highest BCUT2D eigenvalue weighted by atomic mass is 16.2. The summed E-state index contributed by atoms with van der Waals surface area (Å²) in [6, 6.07) is 17.3. The first-order chi connectivity index (χ1) is 13.6. The molecule has 2 aromatic carbocycles. The Balaban J connectivity index is 2.28. The molecule has 0 fully saturated rings. The van der Waals surface area contributed by atoms with Gasteiger partial charge in [-0.3, -0.25) is 9.59 Å². The van der Waals surface area contributed by atoms with Gasteiger partial charge in [0.05, 0.1) is 6.04 Å². The van der Waals surface area contributed by atoms with Crippen LogP contribution in [0.15, 0.2) is 60.3 Å². The zero-order valence-electron chi connectivity index (χ0n) is 18.1. The van der Waals surface area contributed by atoms with Crippen molar-refractivity contribution in [3.05, 3.63) is 71.4 Å². The average Bonchev–Trinajstić information content (AvgIpc) is 2.67. The summed E-state index contributed by atoms with van der Waals surface area (Å²) in [6.45, 7) is 7.37. The second kappa shape index (κ2) is 9.41. The maximum atomic E-state index is 13.0. The molecule has 0 radical (unpaired) electrons. The van der Waals surface area contributed by atoms with E-state index in [4.69, 9.17) is 0 Å². The van der Waals surface area contributed by atoms with Gasteiger partial charge in [0.15, 0.2) is 0 Å². The number of hydrogen-bond acceptors (Lipinski definition) is 3. The fourth-order valence-electron chi connectivity index (χ4n) is 2.60. The van der Waals surface area contributed by atoms with Crippen LogP contribution in [0.1, 0.15) is 44.9 Å². The highest BCUT2D eigenvalue weighted by Gasteiger charge is 2.24. The SMILES string of the molecule is CC(NC(=O)/C(=C/c1ccc(N(C)C)cc1)NC(=O)C(C)(C)C)c1ccccc1. The van der Waals surface area contributed by atoms with Crippen LogP contribution in [0.25, 0.3) is 6.08 Å². The molecule has 2 rings (SSSR count). The fourth-order valence-corrected chi connectivity index (χ4v) is 2.60. The van der Waals surface area contributed by atoms with Crippen LogP contribution < -0.4 is 15.5 Å². The highest BCUT2D eigenvalue weighted by molar-refractivity contribution is 6.02. The Morgan fingerprint density at radius 3 is 2.07 bits per heavy atom. The van der Waals surface area contributed by atoms with Crippen molar-refractivity contribution < 1.29 is 9.59 Å². The first-order valence-corrected chi connectivity index (χ1v) is 9.74. The lowest BCUT2D eigenvalue weighted by Crippen LogP contribution is -2.40. The minimum atomic E-state index is -0.612. The van der Waals surface area contributed by atoms with Crippen molar-refractivity contribution >= 4 is 23.6 Å². The lowest BCUT2D eigenvalue weighted by molar-refractivity contribution is -0.129. The van der Waals surface area contributed by atoms with Gasteiger partial charge in [-0.1, -0.05) is 63.2 Å². The monoisotopic (exact) mass is 393 g/mol. The van der Waals surface area contributed by atoms with Crippen LogP contribution in [-0.2, 0) is 9.59 Å². The molecule has 0 aliphatic rings. The molecule has 0 aliphatic heterocycles. The highest BCUT2D eigenvalue weighted by Crippen LogP contribution is 2.18. The molecule has 29 heavy (non-hydrogen) atoms. The summed E-state index contributed by atoms with van der Waals surface area (Å²) in [5.41, 5.74) is 2.51. The van der Waals surface area contributed by atoms with Crippen molar-refractivity contribution in [3.8, 4) is 0 Å². The standard InChI is InChI=1S/C24H31N3O2/c1-17(19-10-8-7-9-11-19)25-22(28)21(26-23(29)24(2,3)4)16-18-12-14-20(15-13-18)27(5)6/h7-17H,1-6H3,(H,25,28)(H,26,29)/b21-16-. The Morgan fingerprint density at radius 2 is 1.55 bits per heavy atom. The van der Waals surface area contributed by atoms with Crippen LogP contribution >= 0.6 is 0 Å². The van der Waals surface area contributed by atoms with Gasteiger partial charge in [-0.25, -0.2) is 0 Å². The van der Waals surface area contributed by atoms with Crippen molar-refractivity contribution in [1.82, 2.24) is 10.6 Å². The minimum absolute atomic E-state index is 0.185. The van der Waals surface area contributed by atoms with E-state index in [1.807, 2.05) is 101 Å². The van der Waals surface area contributed by atoms with Gasteiger partial charge in [-0.05, 0) is 36.3 Å². The minimum Gasteiger partial charge on any atom is -0.378 e. The summed E-state index contributed by atoms with van der Waals surface area (Å²) < 4.78 is 0. The van der Waals surface area contributed by atoms with Gasteiger partial charge in [0.2, 0.25) is 5.91 Å². The number of carbonyl (C=O) groups excluding carboxylic acids is 2. The molecule has 1 atom stereocenters. The Bertz CT molecular complexity index is 863. The number of benzene rings is 2. The molecule has 0 bridgehead atoms. The van der Waals surface area contributed by atoms with Crippen molar-refractivity contribution in [2.75, 3.05) is 19.0 Å². The van der Waals surface area contributed by atoms with Gasteiger partial charge in [0.25, 0.3) is 5.91 Å². The number of amides is 2. The average molecular weight is 394 g/mol. The van der Waals surface area contributed by atoms with E-state index in [1.54, 1.807) is 6.08 Å². The molecule has 0 spiro atoms. The molecule has 2 aromatic rings. The van der Waals surface area contributed by atoms with Crippen LogP contribution in [0, 0.1) is 5.41 Å². The van der Waals surface area contributed by atoms with E-state index in [0.717, 1.165) is 16.8 Å².